The highest BCUT2D eigenvalue weighted by Gasteiger charge is 2.22. The average molecular weight is 326 g/mol. The van der Waals surface area contributed by atoms with Gasteiger partial charge in [-0.1, -0.05) is 6.07 Å². The van der Waals surface area contributed by atoms with Crippen molar-refractivity contribution in [2.24, 2.45) is 5.14 Å². The molecule has 21 heavy (non-hydrogen) atoms. The number of nitrogen functional groups attached to an aromatic ring is 1. The van der Waals surface area contributed by atoms with Gasteiger partial charge in [-0.2, -0.15) is 0 Å². The molecule has 0 aromatic heterocycles. The SMILES string of the molecule is Cc1ccc(S(N)(=O)=O)cc1S(=O)(=O)c1ccc(N)cc1. The van der Waals surface area contributed by atoms with E-state index in [0.717, 1.165) is 6.07 Å². The molecule has 0 bridgehead atoms. The first-order valence-electron chi connectivity index (χ1n) is 5.86. The van der Waals surface area contributed by atoms with Crippen molar-refractivity contribution >= 4 is 25.5 Å². The highest BCUT2D eigenvalue weighted by atomic mass is 32.2. The van der Waals surface area contributed by atoms with Gasteiger partial charge in [-0.25, -0.2) is 22.0 Å². The maximum Gasteiger partial charge on any atom is 0.238 e. The van der Waals surface area contributed by atoms with Crippen LogP contribution < -0.4 is 10.9 Å². The molecule has 8 heteroatoms. The van der Waals surface area contributed by atoms with Gasteiger partial charge >= 0.3 is 0 Å². The molecule has 2 aromatic rings. The number of aryl methyl sites for hydroxylation is 1. The Morgan fingerprint density at radius 1 is 0.857 bits per heavy atom. The van der Waals surface area contributed by atoms with Crippen molar-refractivity contribution in [3.8, 4) is 0 Å². The minimum absolute atomic E-state index is 0.0337. The monoisotopic (exact) mass is 326 g/mol. The highest BCUT2D eigenvalue weighted by Crippen LogP contribution is 2.26. The van der Waals surface area contributed by atoms with Gasteiger partial charge in [0.2, 0.25) is 19.9 Å². The lowest BCUT2D eigenvalue weighted by Crippen LogP contribution is -2.13. The van der Waals surface area contributed by atoms with Crippen molar-refractivity contribution in [3.63, 3.8) is 0 Å². The zero-order valence-electron chi connectivity index (χ0n) is 11.1. The summed E-state index contributed by atoms with van der Waals surface area (Å²) >= 11 is 0. The first-order chi connectivity index (χ1) is 9.62. The number of benzene rings is 2. The zero-order valence-corrected chi connectivity index (χ0v) is 12.8. The molecule has 0 spiro atoms. The number of sulfonamides is 1. The molecule has 112 valence electrons. The van der Waals surface area contributed by atoms with Gasteiger partial charge in [0.15, 0.2) is 0 Å². The predicted molar refractivity (Wildman–Crippen MR) is 78.9 cm³/mol. The van der Waals surface area contributed by atoms with E-state index < -0.39 is 19.9 Å². The Balaban J connectivity index is 2.67. The van der Waals surface area contributed by atoms with Gasteiger partial charge < -0.3 is 5.73 Å². The summed E-state index contributed by atoms with van der Waals surface area (Å²) in [5, 5.41) is 5.04. The summed E-state index contributed by atoms with van der Waals surface area (Å²) in [7, 11) is -7.82. The van der Waals surface area contributed by atoms with Crippen LogP contribution in [0.15, 0.2) is 57.2 Å². The van der Waals surface area contributed by atoms with Crippen LogP contribution in [0.1, 0.15) is 5.56 Å². The quantitative estimate of drug-likeness (QED) is 0.817. The van der Waals surface area contributed by atoms with Gasteiger partial charge in [0.25, 0.3) is 0 Å². The summed E-state index contributed by atoms with van der Waals surface area (Å²) in [6.45, 7) is 1.58. The van der Waals surface area contributed by atoms with E-state index in [1.807, 2.05) is 0 Å². The van der Waals surface area contributed by atoms with Crippen LogP contribution in [0, 0.1) is 6.92 Å². The molecule has 0 heterocycles. The maximum atomic E-state index is 12.6. The molecule has 0 fully saturated rings. The average Bonchev–Trinajstić information content (AvgIpc) is 2.38. The smallest absolute Gasteiger partial charge is 0.238 e. The maximum absolute atomic E-state index is 12.6. The first-order valence-corrected chi connectivity index (χ1v) is 8.89. The molecule has 0 aliphatic heterocycles. The third-order valence-electron chi connectivity index (χ3n) is 2.97. The van der Waals surface area contributed by atoms with Crippen molar-refractivity contribution in [2.75, 3.05) is 5.73 Å². The fourth-order valence-corrected chi connectivity index (χ4v) is 3.96. The van der Waals surface area contributed by atoms with E-state index in [0.29, 0.717) is 11.3 Å². The highest BCUT2D eigenvalue weighted by molar-refractivity contribution is 7.91. The molecule has 6 nitrogen and oxygen atoms in total. The van der Waals surface area contributed by atoms with Gasteiger partial charge in [0.1, 0.15) is 0 Å². The second kappa shape index (κ2) is 5.14. The number of anilines is 1. The van der Waals surface area contributed by atoms with Crippen LogP contribution in [-0.4, -0.2) is 16.8 Å². The normalized spacial score (nSPS) is 12.3. The van der Waals surface area contributed by atoms with E-state index in [1.165, 1.54) is 36.4 Å². The molecular formula is C13H14N2O4S2. The molecule has 0 atom stereocenters. The molecule has 2 aromatic carbocycles. The van der Waals surface area contributed by atoms with Gasteiger partial charge in [-0.05, 0) is 48.9 Å². The van der Waals surface area contributed by atoms with Crippen molar-refractivity contribution in [1.82, 2.24) is 0 Å². The largest absolute Gasteiger partial charge is 0.399 e. The Labute approximate surface area is 123 Å². The number of rotatable bonds is 3. The standard InChI is InChI=1S/C13H14N2O4S2/c1-9-2-5-12(21(15,18)19)8-13(9)20(16,17)11-6-3-10(14)4-7-11/h2-8H,14H2,1H3,(H2,15,18,19). The fourth-order valence-electron chi connectivity index (χ4n) is 1.82. The predicted octanol–water partition coefficient (Wildman–Crippen LogP) is 1.06. The second-order valence-corrected chi connectivity index (χ2v) is 8.02. The Kier molecular flexibility index (Phi) is 3.79. The summed E-state index contributed by atoms with van der Waals surface area (Å²) in [4.78, 5) is -0.313. The molecule has 0 aliphatic carbocycles. The topological polar surface area (TPSA) is 120 Å². The molecule has 4 N–H and O–H groups in total. The van der Waals surface area contributed by atoms with Crippen molar-refractivity contribution in [1.29, 1.82) is 0 Å². The van der Waals surface area contributed by atoms with Crippen LogP contribution >= 0.6 is 0 Å². The Morgan fingerprint density at radius 2 is 1.38 bits per heavy atom. The summed E-state index contributed by atoms with van der Waals surface area (Å²) in [6.07, 6.45) is 0. The summed E-state index contributed by atoms with van der Waals surface area (Å²) < 4.78 is 47.9. The molecule has 0 aliphatic rings. The van der Waals surface area contributed by atoms with E-state index in [4.69, 9.17) is 10.9 Å². The van der Waals surface area contributed by atoms with E-state index in [2.05, 4.69) is 0 Å². The molecule has 0 saturated heterocycles. The van der Waals surface area contributed by atoms with Gasteiger partial charge in [-0.3, -0.25) is 0 Å². The van der Waals surface area contributed by atoms with Gasteiger partial charge in [-0.15, -0.1) is 0 Å². The van der Waals surface area contributed by atoms with E-state index >= 15 is 0 Å². The van der Waals surface area contributed by atoms with Crippen LogP contribution in [-0.2, 0) is 19.9 Å². The Bertz CT molecular complexity index is 886. The Morgan fingerprint density at radius 3 is 1.90 bits per heavy atom. The lowest BCUT2D eigenvalue weighted by atomic mass is 10.2. The van der Waals surface area contributed by atoms with Crippen molar-refractivity contribution in [2.45, 2.75) is 21.6 Å². The third-order valence-corrected chi connectivity index (χ3v) is 5.79. The van der Waals surface area contributed by atoms with Gasteiger partial charge in [0, 0.05) is 5.69 Å². The Hall–Kier alpha value is -1.90. The third kappa shape index (κ3) is 3.07. The van der Waals surface area contributed by atoms with Crippen molar-refractivity contribution < 1.29 is 16.8 Å². The molecular weight excluding hydrogens is 312 g/mol. The summed E-state index contributed by atoms with van der Waals surface area (Å²) in [5.41, 5.74) is 6.39. The summed E-state index contributed by atoms with van der Waals surface area (Å²) in [6, 6.07) is 9.41. The number of sulfone groups is 1. The molecule has 0 amide bonds. The molecule has 0 saturated carbocycles. The number of hydrogen-bond donors (Lipinski definition) is 2. The van der Waals surface area contributed by atoms with Crippen molar-refractivity contribution in [3.05, 3.63) is 48.0 Å². The number of primary sulfonamides is 1. The van der Waals surface area contributed by atoms with E-state index in [9.17, 15) is 16.8 Å². The lowest BCUT2D eigenvalue weighted by Gasteiger charge is -2.09. The van der Waals surface area contributed by atoms with Crippen LogP contribution in [0.5, 0.6) is 0 Å². The molecule has 2 rings (SSSR count). The molecule has 0 radical (unpaired) electrons. The summed E-state index contributed by atoms with van der Waals surface area (Å²) in [5.74, 6) is 0. The van der Waals surface area contributed by atoms with Crippen LogP contribution in [0.25, 0.3) is 0 Å². The van der Waals surface area contributed by atoms with Crippen LogP contribution in [0.3, 0.4) is 0 Å². The van der Waals surface area contributed by atoms with E-state index in [-0.39, 0.29) is 14.7 Å². The van der Waals surface area contributed by atoms with E-state index in [1.54, 1.807) is 6.92 Å². The molecule has 0 unspecified atom stereocenters. The lowest BCUT2D eigenvalue weighted by molar-refractivity contribution is 0.594. The minimum Gasteiger partial charge on any atom is -0.399 e. The van der Waals surface area contributed by atoms with Gasteiger partial charge in [0.05, 0.1) is 14.7 Å². The number of hydrogen-bond acceptors (Lipinski definition) is 5. The minimum atomic E-state index is -3.98. The van der Waals surface area contributed by atoms with Crippen LogP contribution in [0.4, 0.5) is 5.69 Å². The fraction of sp³-hybridized carbons (Fsp3) is 0.0769. The number of nitrogens with two attached hydrogens (primary N) is 2. The second-order valence-electron chi connectivity index (χ2n) is 4.54. The van der Waals surface area contributed by atoms with Crippen LogP contribution in [0.2, 0.25) is 0 Å². The first kappa shape index (κ1) is 15.5. The zero-order chi connectivity index (χ0) is 15.8.